The number of nitrogens with one attached hydrogen (secondary N) is 1. The van der Waals surface area contributed by atoms with Gasteiger partial charge in [0.15, 0.2) is 5.13 Å². The number of nitrogens with zero attached hydrogens (tertiary/aromatic N) is 4. The van der Waals surface area contributed by atoms with Crippen LogP contribution in [0.4, 0.5) is 25.3 Å². The van der Waals surface area contributed by atoms with Gasteiger partial charge in [-0.1, -0.05) is 0 Å². The fourth-order valence-corrected chi connectivity index (χ4v) is 6.31. The molecule has 0 aliphatic carbocycles. The average Bonchev–Trinajstić information content (AvgIpc) is 3.48. The topological polar surface area (TPSA) is 85.9 Å². The molecule has 2 aliphatic rings. The van der Waals surface area contributed by atoms with Crippen molar-refractivity contribution < 1.29 is 24.8 Å². The Morgan fingerprint density at radius 2 is 1.77 bits per heavy atom. The molecule has 1 atom stereocenters. The van der Waals surface area contributed by atoms with Crippen molar-refractivity contribution in [3.8, 4) is 0 Å². The molecule has 2 aliphatic heterocycles. The summed E-state index contributed by atoms with van der Waals surface area (Å²) in [6, 6.07) is 9.49. The maximum absolute atomic E-state index is 14.1. The van der Waals surface area contributed by atoms with Gasteiger partial charge in [0.2, 0.25) is 5.91 Å². The minimum absolute atomic E-state index is 0. The largest absolute Gasteiger partial charge is 0.367 e. The normalized spacial score (nSPS) is 19.4. The fourth-order valence-electron chi connectivity index (χ4n) is 4.53. The molecule has 1 aromatic heterocycles. The number of piperazine rings is 1. The van der Waals surface area contributed by atoms with Crippen molar-refractivity contribution in [1.82, 2.24) is 9.88 Å². The number of sulfonamides is 1. The average molecular weight is 524 g/mol. The molecule has 0 saturated carbocycles. The van der Waals surface area contributed by atoms with Crippen LogP contribution in [0.1, 0.15) is 9.27 Å². The third kappa shape index (κ3) is 4.86. The zero-order chi connectivity index (χ0) is 24.6. The molecule has 3 heterocycles. The number of benzene rings is 2. The highest BCUT2D eigenvalue weighted by Gasteiger charge is 2.38. The SMILES string of the molecule is O=C1[C@@H](N2CCN(c3ccc(F)cc3F)CC2)CCN1c1ccc(S(=O)(=O)Nc2nccs2)cc1.[HH].[HH]. The molecule has 0 unspecified atom stereocenters. The first-order valence-corrected chi connectivity index (χ1v) is 13.5. The molecule has 0 spiro atoms. The van der Waals surface area contributed by atoms with Crippen molar-refractivity contribution in [1.29, 1.82) is 0 Å². The van der Waals surface area contributed by atoms with Crippen molar-refractivity contribution in [2.45, 2.75) is 17.4 Å². The van der Waals surface area contributed by atoms with Gasteiger partial charge in [-0.2, -0.15) is 0 Å². The van der Waals surface area contributed by atoms with Crippen LogP contribution in [0.3, 0.4) is 0 Å². The van der Waals surface area contributed by atoms with E-state index in [9.17, 15) is 22.0 Å². The Morgan fingerprint density at radius 1 is 1.03 bits per heavy atom. The van der Waals surface area contributed by atoms with E-state index in [1.54, 1.807) is 22.4 Å². The lowest BCUT2D eigenvalue weighted by Crippen LogP contribution is -2.52. The quantitative estimate of drug-likeness (QED) is 0.531. The molecule has 2 fully saturated rings. The van der Waals surface area contributed by atoms with E-state index >= 15 is 0 Å². The molecule has 2 aromatic carbocycles. The maximum atomic E-state index is 14.1. The van der Waals surface area contributed by atoms with Gasteiger partial charge in [0.25, 0.3) is 10.0 Å². The number of anilines is 3. The summed E-state index contributed by atoms with van der Waals surface area (Å²) in [6.45, 7) is 2.76. The molecule has 35 heavy (non-hydrogen) atoms. The summed E-state index contributed by atoms with van der Waals surface area (Å²) in [5, 5.41) is 1.96. The van der Waals surface area contributed by atoms with Gasteiger partial charge in [-0.05, 0) is 42.8 Å². The van der Waals surface area contributed by atoms with E-state index in [0.717, 1.165) is 6.07 Å². The molecule has 2 saturated heterocycles. The Bertz CT molecular complexity index is 1320. The van der Waals surface area contributed by atoms with Crippen molar-refractivity contribution in [2.75, 3.05) is 47.2 Å². The number of amides is 1. The van der Waals surface area contributed by atoms with Gasteiger partial charge in [0, 0.05) is 58.9 Å². The first-order valence-electron chi connectivity index (χ1n) is 11.1. The molecular formula is C23H27F2N5O3S2. The molecule has 8 nitrogen and oxygen atoms in total. The molecule has 3 aromatic rings. The second-order valence-corrected chi connectivity index (χ2v) is 10.9. The maximum Gasteiger partial charge on any atom is 0.263 e. The number of rotatable bonds is 6. The summed E-state index contributed by atoms with van der Waals surface area (Å²) >= 11 is 1.19. The summed E-state index contributed by atoms with van der Waals surface area (Å²) < 4.78 is 54.9. The van der Waals surface area contributed by atoms with Crippen LogP contribution in [0.2, 0.25) is 0 Å². The standard InChI is InChI=1S/C23H23F2N5O3S2.2H2/c24-16-1-6-20(19(25)15-16)28-10-12-29(13-11-28)21-7-9-30(22(21)31)17-2-4-18(5-3-17)35(32,33)27-23-26-8-14-34-23;;/h1-6,8,14-15,21H,7,9-13H2,(H,26,27);2*1H/t21-;;/m0../s1. The lowest BCUT2D eigenvalue weighted by Gasteiger charge is -2.38. The number of thiazole rings is 1. The van der Waals surface area contributed by atoms with Gasteiger partial charge in [0.1, 0.15) is 11.6 Å². The van der Waals surface area contributed by atoms with Crippen molar-refractivity contribution >= 4 is 43.8 Å². The predicted octanol–water partition coefficient (Wildman–Crippen LogP) is 3.64. The Morgan fingerprint density at radius 3 is 2.43 bits per heavy atom. The summed E-state index contributed by atoms with van der Waals surface area (Å²) in [5.74, 6) is -1.24. The molecule has 5 rings (SSSR count). The highest BCUT2D eigenvalue weighted by molar-refractivity contribution is 7.93. The zero-order valence-corrected chi connectivity index (χ0v) is 20.2. The van der Waals surface area contributed by atoms with E-state index in [-0.39, 0.29) is 24.8 Å². The van der Waals surface area contributed by atoms with E-state index < -0.39 is 21.7 Å². The van der Waals surface area contributed by atoms with Crippen LogP contribution in [-0.2, 0) is 14.8 Å². The predicted molar refractivity (Wildman–Crippen MR) is 134 cm³/mol. The number of aromatic nitrogens is 1. The van der Waals surface area contributed by atoms with Gasteiger partial charge in [-0.25, -0.2) is 22.2 Å². The zero-order valence-electron chi connectivity index (χ0n) is 18.6. The molecule has 0 bridgehead atoms. The molecule has 188 valence electrons. The summed E-state index contributed by atoms with van der Waals surface area (Å²) in [4.78, 5) is 22.8. The Hall–Kier alpha value is -3.09. The second-order valence-electron chi connectivity index (χ2n) is 8.35. The van der Waals surface area contributed by atoms with Crippen LogP contribution in [-0.4, -0.2) is 63.0 Å². The molecular weight excluding hydrogens is 496 g/mol. The van der Waals surface area contributed by atoms with Gasteiger partial charge < -0.3 is 9.80 Å². The smallest absolute Gasteiger partial charge is 0.263 e. The molecule has 1 N–H and O–H groups in total. The second kappa shape index (κ2) is 9.51. The lowest BCUT2D eigenvalue weighted by molar-refractivity contribution is -0.121. The summed E-state index contributed by atoms with van der Waals surface area (Å²) in [7, 11) is -3.76. The Labute approximate surface area is 208 Å². The number of hydrogen-bond donors (Lipinski definition) is 1. The Balaban J connectivity index is 0.00000190. The minimum atomic E-state index is -3.76. The van der Waals surface area contributed by atoms with Crippen LogP contribution < -0.4 is 14.5 Å². The van der Waals surface area contributed by atoms with E-state index in [2.05, 4.69) is 14.6 Å². The lowest BCUT2D eigenvalue weighted by atomic mass is 10.1. The first kappa shape index (κ1) is 23.6. The van der Waals surface area contributed by atoms with Gasteiger partial charge in [-0.15, -0.1) is 11.3 Å². The molecule has 0 radical (unpaired) electrons. The van der Waals surface area contributed by atoms with Crippen LogP contribution >= 0.6 is 11.3 Å². The first-order chi connectivity index (χ1) is 16.8. The van der Waals surface area contributed by atoms with Crippen LogP contribution in [0, 0.1) is 11.6 Å². The van der Waals surface area contributed by atoms with Gasteiger partial charge >= 0.3 is 0 Å². The van der Waals surface area contributed by atoms with E-state index in [1.807, 2.05) is 4.90 Å². The van der Waals surface area contributed by atoms with Crippen molar-refractivity contribution in [2.24, 2.45) is 0 Å². The highest BCUT2D eigenvalue weighted by Crippen LogP contribution is 2.28. The van der Waals surface area contributed by atoms with Gasteiger partial charge in [0.05, 0.1) is 16.6 Å². The third-order valence-electron chi connectivity index (χ3n) is 6.30. The van der Waals surface area contributed by atoms with Crippen molar-refractivity contribution in [3.63, 3.8) is 0 Å². The number of carbonyl (C=O) groups excluding carboxylic acids is 1. The molecule has 12 heteroatoms. The Kier molecular flexibility index (Phi) is 6.43. The third-order valence-corrected chi connectivity index (χ3v) is 8.47. The van der Waals surface area contributed by atoms with Crippen LogP contribution in [0.5, 0.6) is 0 Å². The van der Waals surface area contributed by atoms with E-state index in [0.29, 0.717) is 50.5 Å². The molecule has 1 amide bonds. The fraction of sp³-hybridized carbons (Fsp3) is 0.304. The van der Waals surface area contributed by atoms with E-state index in [4.69, 9.17) is 0 Å². The van der Waals surface area contributed by atoms with E-state index in [1.165, 1.54) is 41.8 Å². The number of hydrogen-bond acceptors (Lipinski definition) is 7. The summed E-state index contributed by atoms with van der Waals surface area (Å²) in [5.41, 5.74) is 1.00. The monoisotopic (exact) mass is 523 g/mol. The van der Waals surface area contributed by atoms with Crippen LogP contribution in [0.15, 0.2) is 58.9 Å². The number of halogens is 2. The minimum Gasteiger partial charge on any atom is -0.367 e. The van der Waals surface area contributed by atoms with Crippen LogP contribution in [0.25, 0.3) is 0 Å². The van der Waals surface area contributed by atoms with Gasteiger partial charge in [-0.3, -0.25) is 14.4 Å². The highest BCUT2D eigenvalue weighted by atomic mass is 32.2. The van der Waals surface area contributed by atoms with Crippen molar-refractivity contribution in [3.05, 3.63) is 65.7 Å². The summed E-state index contributed by atoms with van der Waals surface area (Å²) in [6.07, 6.45) is 2.16. The number of carbonyl (C=O) groups is 1.